The average molecular weight is 252 g/mol. The molecule has 2 aromatic rings. The molecule has 16 heavy (non-hydrogen) atoms. The lowest BCUT2D eigenvalue weighted by Gasteiger charge is -2.09. The molecule has 0 saturated heterocycles. The number of hydrogen-bond acceptors (Lipinski definition) is 1. The summed E-state index contributed by atoms with van der Waals surface area (Å²) in [5.41, 5.74) is 9.35. The second kappa shape index (κ2) is 4.36. The Morgan fingerprint density at radius 1 is 1.06 bits per heavy atom. The van der Waals surface area contributed by atoms with E-state index >= 15 is 0 Å². The van der Waals surface area contributed by atoms with E-state index in [-0.39, 0.29) is 0 Å². The fourth-order valence-corrected chi connectivity index (χ4v) is 2.05. The van der Waals surface area contributed by atoms with Crippen molar-refractivity contribution in [3.63, 3.8) is 0 Å². The maximum atomic E-state index is 6.26. The zero-order chi connectivity index (χ0) is 11.7. The molecule has 0 amide bonds. The van der Waals surface area contributed by atoms with Crippen molar-refractivity contribution in [2.45, 2.75) is 6.92 Å². The summed E-state index contributed by atoms with van der Waals surface area (Å²) in [4.78, 5) is 0. The average Bonchev–Trinajstić information content (AvgIpc) is 2.26. The summed E-state index contributed by atoms with van der Waals surface area (Å²) in [6, 6.07) is 11.4. The molecule has 0 heterocycles. The molecule has 0 radical (unpaired) electrons. The lowest BCUT2D eigenvalue weighted by Crippen LogP contribution is -1.91. The molecule has 0 spiro atoms. The molecule has 2 rings (SSSR count). The summed E-state index contributed by atoms with van der Waals surface area (Å²) >= 11 is 12.2. The molecular formula is C13H11Cl2N. The second-order valence-electron chi connectivity index (χ2n) is 3.65. The highest BCUT2D eigenvalue weighted by atomic mass is 35.5. The largest absolute Gasteiger partial charge is 0.398 e. The van der Waals surface area contributed by atoms with E-state index in [1.165, 1.54) is 0 Å². The summed E-state index contributed by atoms with van der Waals surface area (Å²) in [5, 5.41) is 1.38. The van der Waals surface area contributed by atoms with Gasteiger partial charge in [0.1, 0.15) is 0 Å². The Balaban J connectivity index is 2.61. The molecule has 3 heteroatoms. The third kappa shape index (κ3) is 2.01. The molecule has 0 aliphatic heterocycles. The quantitative estimate of drug-likeness (QED) is 0.740. The van der Waals surface area contributed by atoms with Gasteiger partial charge in [-0.2, -0.15) is 0 Å². The summed E-state index contributed by atoms with van der Waals surface area (Å²) in [5.74, 6) is 0. The first-order valence-corrected chi connectivity index (χ1v) is 5.65. The van der Waals surface area contributed by atoms with Gasteiger partial charge in [0.2, 0.25) is 0 Å². The zero-order valence-electron chi connectivity index (χ0n) is 8.80. The van der Waals surface area contributed by atoms with Crippen LogP contribution in [0.25, 0.3) is 11.1 Å². The standard InChI is InChI=1S/C13H11Cl2N/c1-8-12(16)6-5-11(13(8)15)9-3-2-4-10(14)7-9/h2-7H,16H2,1H3. The summed E-state index contributed by atoms with van der Waals surface area (Å²) in [6.07, 6.45) is 0. The minimum Gasteiger partial charge on any atom is -0.398 e. The van der Waals surface area contributed by atoms with Gasteiger partial charge in [0.15, 0.2) is 0 Å². The smallest absolute Gasteiger partial charge is 0.0534 e. The number of hydrogen-bond donors (Lipinski definition) is 1. The van der Waals surface area contributed by atoms with Gasteiger partial charge >= 0.3 is 0 Å². The van der Waals surface area contributed by atoms with Crippen molar-refractivity contribution in [2.75, 3.05) is 5.73 Å². The van der Waals surface area contributed by atoms with Crippen LogP contribution in [-0.2, 0) is 0 Å². The minimum absolute atomic E-state index is 0.683. The van der Waals surface area contributed by atoms with Gasteiger partial charge in [0.25, 0.3) is 0 Å². The van der Waals surface area contributed by atoms with Crippen molar-refractivity contribution < 1.29 is 0 Å². The van der Waals surface area contributed by atoms with Gasteiger partial charge < -0.3 is 5.73 Å². The molecule has 0 unspecified atom stereocenters. The van der Waals surface area contributed by atoms with Crippen LogP contribution in [0.2, 0.25) is 10.0 Å². The van der Waals surface area contributed by atoms with Crippen LogP contribution in [-0.4, -0.2) is 0 Å². The first kappa shape index (κ1) is 11.3. The van der Waals surface area contributed by atoms with Crippen LogP contribution < -0.4 is 5.73 Å². The first-order valence-electron chi connectivity index (χ1n) is 4.90. The van der Waals surface area contributed by atoms with Gasteiger partial charge in [-0.3, -0.25) is 0 Å². The van der Waals surface area contributed by atoms with Crippen molar-refractivity contribution >= 4 is 28.9 Å². The lowest BCUT2D eigenvalue weighted by atomic mass is 10.0. The molecule has 1 nitrogen and oxygen atoms in total. The van der Waals surface area contributed by atoms with Gasteiger partial charge in [0.05, 0.1) is 5.02 Å². The third-order valence-electron chi connectivity index (χ3n) is 2.56. The Hall–Kier alpha value is -1.18. The molecule has 2 aromatic carbocycles. The summed E-state index contributed by atoms with van der Waals surface area (Å²) in [6.45, 7) is 1.91. The molecule has 0 atom stereocenters. The fraction of sp³-hybridized carbons (Fsp3) is 0.0769. The predicted octanol–water partition coefficient (Wildman–Crippen LogP) is 4.55. The Labute approximate surface area is 105 Å². The Bertz CT molecular complexity index is 535. The number of benzene rings is 2. The van der Waals surface area contributed by atoms with E-state index in [1.807, 2.05) is 43.3 Å². The van der Waals surface area contributed by atoms with E-state index in [0.717, 1.165) is 16.7 Å². The van der Waals surface area contributed by atoms with Crippen LogP contribution in [0.3, 0.4) is 0 Å². The van der Waals surface area contributed by atoms with Crippen LogP contribution in [0.1, 0.15) is 5.56 Å². The van der Waals surface area contributed by atoms with E-state index < -0.39 is 0 Å². The number of anilines is 1. The molecule has 2 N–H and O–H groups in total. The van der Waals surface area contributed by atoms with Crippen LogP contribution >= 0.6 is 23.2 Å². The Morgan fingerprint density at radius 2 is 1.81 bits per heavy atom. The minimum atomic E-state index is 0.683. The number of nitrogen functional groups attached to an aromatic ring is 1. The zero-order valence-corrected chi connectivity index (χ0v) is 10.3. The van der Waals surface area contributed by atoms with Crippen molar-refractivity contribution in [1.82, 2.24) is 0 Å². The first-order chi connectivity index (χ1) is 7.59. The predicted molar refractivity (Wildman–Crippen MR) is 71.0 cm³/mol. The molecule has 0 fully saturated rings. The Morgan fingerprint density at radius 3 is 2.50 bits per heavy atom. The maximum absolute atomic E-state index is 6.26. The normalized spacial score (nSPS) is 10.4. The number of nitrogens with two attached hydrogens (primary N) is 1. The molecule has 0 aromatic heterocycles. The molecular weight excluding hydrogens is 241 g/mol. The maximum Gasteiger partial charge on any atom is 0.0534 e. The van der Waals surface area contributed by atoms with Crippen molar-refractivity contribution in [1.29, 1.82) is 0 Å². The van der Waals surface area contributed by atoms with E-state index in [9.17, 15) is 0 Å². The second-order valence-corrected chi connectivity index (χ2v) is 4.47. The van der Waals surface area contributed by atoms with E-state index in [2.05, 4.69) is 0 Å². The SMILES string of the molecule is Cc1c(N)ccc(-c2cccc(Cl)c2)c1Cl. The van der Waals surface area contributed by atoms with Gasteiger partial charge in [-0.1, -0.05) is 41.4 Å². The lowest BCUT2D eigenvalue weighted by molar-refractivity contribution is 1.46. The van der Waals surface area contributed by atoms with Crippen LogP contribution in [0, 0.1) is 6.92 Å². The van der Waals surface area contributed by atoms with Crippen molar-refractivity contribution in [3.05, 3.63) is 52.0 Å². The van der Waals surface area contributed by atoms with E-state index in [1.54, 1.807) is 0 Å². The van der Waals surface area contributed by atoms with Gasteiger partial charge in [0, 0.05) is 16.3 Å². The topological polar surface area (TPSA) is 26.0 Å². The highest BCUT2D eigenvalue weighted by Gasteiger charge is 2.08. The molecule has 82 valence electrons. The van der Waals surface area contributed by atoms with E-state index in [4.69, 9.17) is 28.9 Å². The Kier molecular flexibility index (Phi) is 3.08. The van der Waals surface area contributed by atoms with Crippen LogP contribution in [0.15, 0.2) is 36.4 Å². The fourth-order valence-electron chi connectivity index (χ4n) is 1.58. The summed E-state index contributed by atoms with van der Waals surface area (Å²) in [7, 11) is 0. The van der Waals surface area contributed by atoms with Crippen LogP contribution in [0.4, 0.5) is 5.69 Å². The van der Waals surface area contributed by atoms with Gasteiger partial charge in [-0.25, -0.2) is 0 Å². The van der Waals surface area contributed by atoms with Crippen LogP contribution in [0.5, 0.6) is 0 Å². The highest BCUT2D eigenvalue weighted by Crippen LogP contribution is 2.34. The number of rotatable bonds is 1. The summed E-state index contributed by atoms with van der Waals surface area (Å²) < 4.78 is 0. The molecule has 0 saturated carbocycles. The monoisotopic (exact) mass is 251 g/mol. The molecule has 0 aliphatic carbocycles. The van der Waals surface area contributed by atoms with Crippen molar-refractivity contribution in [2.24, 2.45) is 0 Å². The molecule has 0 bridgehead atoms. The number of halogens is 2. The van der Waals surface area contributed by atoms with E-state index in [0.29, 0.717) is 15.7 Å². The van der Waals surface area contributed by atoms with Gasteiger partial charge in [-0.15, -0.1) is 0 Å². The highest BCUT2D eigenvalue weighted by molar-refractivity contribution is 6.34. The van der Waals surface area contributed by atoms with Crippen molar-refractivity contribution in [3.8, 4) is 11.1 Å². The third-order valence-corrected chi connectivity index (χ3v) is 3.29. The van der Waals surface area contributed by atoms with Gasteiger partial charge in [-0.05, 0) is 36.2 Å². The molecule has 0 aliphatic rings.